The molecule has 1 amide bonds. The molecule has 7 heteroatoms. The fourth-order valence-electron chi connectivity index (χ4n) is 3.06. The monoisotopic (exact) mass is 330 g/mol. The van der Waals surface area contributed by atoms with E-state index in [-0.39, 0.29) is 17.6 Å². The molecule has 0 aliphatic heterocycles. The molecule has 2 aromatic heterocycles. The third-order valence-corrected chi connectivity index (χ3v) is 4.30. The van der Waals surface area contributed by atoms with Crippen LogP contribution >= 0.6 is 0 Å². The largest absolute Gasteiger partial charge is 0.309 e. The molecule has 0 spiro atoms. The third kappa shape index (κ3) is 3.06. The van der Waals surface area contributed by atoms with Crippen LogP contribution in [0, 0.1) is 18.7 Å². The lowest BCUT2D eigenvalue weighted by Gasteiger charge is -2.23. The standard InChI is InChI=1S/C17H19FN4O2/c1-3-21(17(24)12-4-5-15(23)6-12)16-10-22(20-11(16)2)14-7-13(18)8-19-9-14/h7-10,12H,3-6H2,1-2H3. The minimum absolute atomic E-state index is 0.0524. The molecule has 1 aliphatic rings. The highest BCUT2D eigenvalue weighted by Crippen LogP contribution is 2.28. The zero-order valence-electron chi connectivity index (χ0n) is 13.7. The molecule has 0 bridgehead atoms. The van der Waals surface area contributed by atoms with Gasteiger partial charge in [0.25, 0.3) is 0 Å². The van der Waals surface area contributed by atoms with Crippen molar-refractivity contribution in [1.29, 1.82) is 0 Å². The van der Waals surface area contributed by atoms with Crippen molar-refractivity contribution < 1.29 is 14.0 Å². The van der Waals surface area contributed by atoms with Crippen LogP contribution in [0.1, 0.15) is 31.9 Å². The van der Waals surface area contributed by atoms with Crippen LogP contribution in [-0.4, -0.2) is 33.0 Å². The van der Waals surface area contributed by atoms with E-state index in [0.717, 1.165) is 6.20 Å². The SMILES string of the molecule is CCN(C(=O)C1CCC(=O)C1)c1cn(-c2cncc(F)c2)nc1C. The molecule has 2 heterocycles. The van der Waals surface area contributed by atoms with Gasteiger partial charge in [0.05, 0.1) is 35.7 Å². The molecule has 2 aromatic rings. The molecule has 1 saturated carbocycles. The fourth-order valence-corrected chi connectivity index (χ4v) is 3.06. The number of ketones is 1. The van der Waals surface area contributed by atoms with Crippen LogP contribution in [0.3, 0.4) is 0 Å². The summed E-state index contributed by atoms with van der Waals surface area (Å²) in [5.41, 5.74) is 1.83. The molecule has 0 N–H and O–H groups in total. The number of pyridine rings is 1. The summed E-state index contributed by atoms with van der Waals surface area (Å²) in [4.78, 5) is 29.7. The summed E-state index contributed by atoms with van der Waals surface area (Å²) in [5.74, 6) is -0.614. The van der Waals surface area contributed by atoms with Crippen LogP contribution in [-0.2, 0) is 9.59 Å². The van der Waals surface area contributed by atoms with Crippen LogP contribution in [0.5, 0.6) is 0 Å². The van der Waals surface area contributed by atoms with E-state index in [2.05, 4.69) is 10.1 Å². The first-order chi connectivity index (χ1) is 11.5. The topological polar surface area (TPSA) is 68.1 Å². The van der Waals surface area contributed by atoms with E-state index in [1.165, 1.54) is 16.9 Å². The van der Waals surface area contributed by atoms with Crippen molar-refractivity contribution in [3.8, 4) is 5.69 Å². The Morgan fingerprint density at radius 1 is 1.46 bits per heavy atom. The number of aryl methyl sites for hydroxylation is 1. The molecule has 1 unspecified atom stereocenters. The quantitative estimate of drug-likeness (QED) is 0.863. The molecule has 6 nitrogen and oxygen atoms in total. The number of halogens is 1. The summed E-state index contributed by atoms with van der Waals surface area (Å²) in [6.45, 7) is 4.17. The maximum absolute atomic E-state index is 13.4. The normalized spacial score (nSPS) is 17.3. The molecule has 0 saturated heterocycles. The van der Waals surface area contributed by atoms with E-state index in [1.807, 2.05) is 6.92 Å². The second kappa shape index (κ2) is 6.51. The third-order valence-electron chi connectivity index (χ3n) is 4.30. The number of hydrogen-bond donors (Lipinski definition) is 0. The second-order valence-corrected chi connectivity index (χ2v) is 5.97. The van der Waals surface area contributed by atoms with Crippen molar-refractivity contribution in [2.45, 2.75) is 33.1 Å². The number of aromatic nitrogens is 3. The molecular formula is C17H19FN4O2. The van der Waals surface area contributed by atoms with E-state index in [4.69, 9.17) is 0 Å². The summed E-state index contributed by atoms with van der Waals surface area (Å²) in [6, 6.07) is 1.33. The number of hydrogen-bond acceptors (Lipinski definition) is 4. The molecule has 24 heavy (non-hydrogen) atoms. The molecule has 1 aliphatic carbocycles. The van der Waals surface area contributed by atoms with E-state index in [0.29, 0.717) is 42.9 Å². The average molecular weight is 330 g/mol. The number of anilines is 1. The average Bonchev–Trinajstić information content (AvgIpc) is 3.15. The first-order valence-electron chi connectivity index (χ1n) is 8.00. The first kappa shape index (κ1) is 16.3. The Morgan fingerprint density at radius 3 is 2.88 bits per heavy atom. The molecule has 0 aromatic carbocycles. The van der Waals surface area contributed by atoms with Gasteiger partial charge in [-0.3, -0.25) is 14.6 Å². The minimum atomic E-state index is -0.449. The molecule has 3 rings (SSSR count). The number of carbonyl (C=O) groups is 2. The summed E-state index contributed by atoms with van der Waals surface area (Å²) >= 11 is 0. The Labute approximate surface area is 139 Å². The van der Waals surface area contributed by atoms with Gasteiger partial charge in [-0.05, 0) is 20.3 Å². The number of rotatable bonds is 4. The Bertz CT molecular complexity index is 787. The van der Waals surface area contributed by atoms with Gasteiger partial charge in [0, 0.05) is 31.4 Å². The lowest BCUT2D eigenvalue weighted by Crippen LogP contribution is -2.35. The van der Waals surface area contributed by atoms with Crippen molar-refractivity contribution in [3.05, 3.63) is 36.2 Å². The highest BCUT2D eigenvalue weighted by atomic mass is 19.1. The summed E-state index contributed by atoms with van der Waals surface area (Å²) in [6.07, 6.45) is 5.73. The fraction of sp³-hybridized carbons (Fsp3) is 0.412. The van der Waals surface area contributed by atoms with Gasteiger partial charge in [-0.1, -0.05) is 0 Å². The smallest absolute Gasteiger partial charge is 0.230 e. The van der Waals surface area contributed by atoms with Crippen LogP contribution in [0.25, 0.3) is 5.69 Å². The molecule has 1 atom stereocenters. The maximum atomic E-state index is 13.4. The van der Waals surface area contributed by atoms with Crippen molar-refractivity contribution in [2.24, 2.45) is 5.92 Å². The van der Waals surface area contributed by atoms with Crippen LogP contribution in [0.4, 0.5) is 10.1 Å². The van der Waals surface area contributed by atoms with Gasteiger partial charge in [0.2, 0.25) is 5.91 Å². The zero-order chi connectivity index (χ0) is 17.3. The second-order valence-electron chi connectivity index (χ2n) is 5.97. The summed E-state index contributed by atoms with van der Waals surface area (Å²) in [5, 5.41) is 4.36. The molecule has 126 valence electrons. The summed E-state index contributed by atoms with van der Waals surface area (Å²) < 4.78 is 14.9. The van der Waals surface area contributed by atoms with E-state index in [1.54, 1.807) is 18.0 Å². The van der Waals surface area contributed by atoms with Crippen molar-refractivity contribution in [1.82, 2.24) is 14.8 Å². The Hall–Kier alpha value is -2.57. The van der Waals surface area contributed by atoms with E-state index in [9.17, 15) is 14.0 Å². The van der Waals surface area contributed by atoms with Gasteiger partial charge < -0.3 is 4.90 Å². The zero-order valence-corrected chi connectivity index (χ0v) is 13.7. The first-order valence-corrected chi connectivity index (χ1v) is 8.00. The lowest BCUT2D eigenvalue weighted by atomic mass is 10.1. The van der Waals surface area contributed by atoms with Gasteiger partial charge in [-0.25, -0.2) is 9.07 Å². The molecule has 1 fully saturated rings. The van der Waals surface area contributed by atoms with E-state index < -0.39 is 5.82 Å². The Morgan fingerprint density at radius 2 is 2.25 bits per heavy atom. The number of nitrogens with zero attached hydrogens (tertiary/aromatic N) is 4. The number of Topliss-reactive ketones (excluding diaryl/α,β-unsaturated/α-hetero) is 1. The van der Waals surface area contributed by atoms with Crippen LogP contribution in [0.15, 0.2) is 24.7 Å². The predicted molar refractivity (Wildman–Crippen MR) is 86.4 cm³/mol. The molecule has 0 radical (unpaired) electrons. The number of carbonyl (C=O) groups excluding carboxylic acids is 2. The Kier molecular flexibility index (Phi) is 4.42. The van der Waals surface area contributed by atoms with Gasteiger partial charge >= 0.3 is 0 Å². The van der Waals surface area contributed by atoms with Gasteiger partial charge in [-0.15, -0.1) is 0 Å². The van der Waals surface area contributed by atoms with Crippen molar-refractivity contribution >= 4 is 17.4 Å². The van der Waals surface area contributed by atoms with Crippen molar-refractivity contribution in [2.75, 3.05) is 11.4 Å². The maximum Gasteiger partial charge on any atom is 0.230 e. The van der Waals surface area contributed by atoms with Crippen LogP contribution in [0.2, 0.25) is 0 Å². The van der Waals surface area contributed by atoms with E-state index >= 15 is 0 Å². The van der Waals surface area contributed by atoms with Crippen LogP contribution < -0.4 is 4.90 Å². The number of amides is 1. The Balaban J connectivity index is 1.90. The highest BCUT2D eigenvalue weighted by molar-refractivity contribution is 5.99. The minimum Gasteiger partial charge on any atom is -0.309 e. The highest BCUT2D eigenvalue weighted by Gasteiger charge is 2.32. The van der Waals surface area contributed by atoms with Gasteiger partial charge in [0.1, 0.15) is 11.6 Å². The predicted octanol–water partition coefficient (Wildman–Crippen LogP) is 2.44. The molecular weight excluding hydrogens is 311 g/mol. The van der Waals surface area contributed by atoms with Crippen molar-refractivity contribution in [3.63, 3.8) is 0 Å². The lowest BCUT2D eigenvalue weighted by molar-refractivity contribution is -0.124. The van der Waals surface area contributed by atoms with Gasteiger partial charge in [-0.2, -0.15) is 5.10 Å². The summed E-state index contributed by atoms with van der Waals surface area (Å²) in [7, 11) is 0. The van der Waals surface area contributed by atoms with Gasteiger partial charge in [0.15, 0.2) is 0 Å².